The van der Waals surface area contributed by atoms with E-state index in [1.807, 2.05) is 0 Å². The minimum absolute atomic E-state index is 0.489. The molecule has 0 aromatic carbocycles. The molecule has 2 aliphatic rings. The molecule has 0 spiro atoms. The second-order valence-electron chi connectivity index (χ2n) is 7.43. The normalized spacial score (nSPS) is 33.7. The Labute approximate surface area is 131 Å². The molecule has 2 fully saturated rings. The van der Waals surface area contributed by atoms with Crippen LogP contribution in [0.2, 0.25) is 0 Å². The Kier molecular flexibility index (Phi) is 6.97. The summed E-state index contributed by atoms with van der Waals surface area (Å²) < 4.78 is 5.85. The van der Waals surface area contributed by atoms with Crippen molar-refractivity contribution in [2.75, 3.05) is 39.3 Å². The van der Waals surface area contributed by atoms with Crippen LogP contribution in [-0.4, -0.2) is 50.3 Å². The first kappa shape index (κ1) is 17.2. The molecule has 1 aliphatic carbocycles. The van der Waals surface area contributed by atoms with Crippen molar-refractivity contribution < 1.29 is 4.74 Å². The summed E-state index contributed by atoms with van der Waals surface area (Å²) >= 11 is 0. The first-order valence-electron chi connectivity index (χ1n) is 9.22. The van der Waals surface area contributed by atoms with Gasteiger partial charge in [-0.05, 0) is 50.1 Å². The minimum atomic E-state index is 0.489. The second kappa shape index (κ2) is 8.50. The van der Waals surface area contributed by atoms with Crippen molar-refractivity contribution >= 4 is 0 Å². The van der Waals surface area contributed by atoms with Gasteiger partial charge in [-0.3, -0.25) is 0 Å². The highest BCUT2D eigenvalue weighted by Crippen LogP contribution is 2.39. The predicted octanol–water partition coefficient (Wildman–Crippen LogP) is 3.29. The molecule has 3 heteroatoms. The van der Waals surface area contributed by atoms with Crippen LogP contribution in [0, 0.1) is 11.3 Å². The molecular formula is C18H36N2O. The number of hydrogen-bond donors (Lipinski definition) is 1. The van der Waals surface area contributed by atoms with Gasteiger partial charge in [0.05, 0.1) is 6.10 Å². The molecule has 1 heterocycles. The summed E-state index contributed by atoms with van der Waals surface area (Å²) in [5.74, 6) is 0.924. The van der Waals surface area contributed by atoms with Gasteiger partial charge >= 0.3 is 0 Å². The van der Waals surface area contributed by atoms with Gasteiger partial charge in [0, 0.05) is 26.2 Å². The number of ether oxygens (including phenoxy) is 1. The third-order valence-corrected chi connectivity index (χ3v) is 5.58. The molecule has 0 aromatic rings. The van der Waals surface area contributed by atoms with Crippen molar-refractivity contribution in [2.24, 2.45) is 11.3 Å². The van der Waals surface area contributed by atoms with Crippen molar-refractivity contribution in [1.82, 2.24) is 10.2 Å². The predicted molar refractivity (Wildman–Crippen MR) is 89.7 cm³/mol. The molecule has 1 saturated carbocycles. The molecule has 21 heavy (non-hydrogen) atoms. The lowest BCUT2D eigenvalue weighted by Gasteiger charge is -2.43. The van der Waals surface area contributed by atoms with Crippen LogP contribution in [0.15, 0.2) is 0 Å². The average molecular weight is 296 g/mol. The van der Waals surface area contributed by atoms with E-state index in [1.165, 1.54) is 51.6 Å². The Hall–Kier alpha value is -0.120. The fourth-order valence-corrected chi connectivity index (χ4v) is 4.01. The van der Waals surface area contributed by atoms with Crippen LogP contribution in [-0.2, 0) is 4.74 Å². The number of rotatable bonds is 8. The summed E-state index contributed by atoms with van der Waals surface area (Å²) in [4.78, 5) is 2.66. The monoisotopic (exact) mass is 296 g/mol. The van der Waals surface area contributed by atoms with E-state index in [1.54, 1.807) is 0 Å². The average Bonchev–Trinajstić information content (AvgIpc) is 3.00. The zero-order chi connectivity index (χ0) is 15.1. The quantitative estimate of drug-likeness (QED) is 0.744. The Morgan fingerprint density at radius 2 is 1.95 bits per heavy atom. The summed E-state index contributed by atoms with van der Waals surface area (Å²) in [6, 6.07) is 0. The molecule has 124 valence electrons. The van der Waals surface area contributed by atoms with Gasteiger partial charge in [0.2, 0.25) is 0 Å². The van der Waals surface area contributed by atoms with Gasteiger partial charge in [-0.2, -0.15) is 0 Å². The minimum Gasteiger partial charge on any atom is -0.377 e. The molecule has 1 atom stereocenters. The Balaban J connectivity index is 1.91. The van der Waals surface area contributed by atoms with Crippen LogP contribution >= 0.6 is 0 Å². The molecule has 0 amide bonds. The van der Waals surface area contributed by atoms with Crippen molar-refractivity contribution in [3.05, 3.63) is 0 Å². The zero-order valence-electron chi connectivity index (χ0n) is 14.5. The number of likely N-dealkylation sites (N-methyl/N-ethyl adjacent to an activating group) is 1. The van der Waals surface area contributed by atoms with E-state index in [0.29, 0.717) is 11.5 Å². The third kappa shape index (κ3) is 5.22. The van der Waals surface area contributed by atoms with Gasteiger partial charge in [-0.15, -0.1) is 0 Å². The summed E-state index contributed by atoms with van der Waals surface area (Å²) in [7, 11) is 0. The number of nitrogens with one attached hydrogen (secondary N) is 1. The van der Waals surface area contributed by atoms with E-state index in [4.69, 9.17) is 4.74 Å². The summed E-state index contributed by atoms with van der Waals surface area (Å²) in [6.07, 6.45) is 8.59. The Morgan fingerprint density at radius 3 is 2.52 bits per heavy atom. The van der Waals surface area contributed by atoms with E-state index in [9.17, 15) is 0 Å². The summed E-state index contributed by atoms with van der Waals surface area (Å²) in [5.41, 5.74) is 0.497. The van der Waals surface area contributed by atoms with Gasteiger partial charge in [-0.1, -0.05) is 33.6 Å². The summed E-state index contributed by atoms with van der Waals surface area (Å²) in [6.45, 7) is 13.8. The van der Waals surface area contributed by atoms with Gasteiger partial charge in [0.15, 0.2) is 0 Å². The zero-order valence-corrected chi connectivity index (χ0v) is 14.5. The van der Waals surface area contributed by atoms with Crippen LogP contribution < -0.4 is 5.32 Å². The molecule has 2 rings (SSSR count). The van der Waals surface area contributed by atoms with E-state index >= 15 is 0 Å². The second-order valence-corrected chi connectivity index (χ2v) is 7.43. The highest BCUT2D eigenvalue weighted by molar-refractivity contribution is 4.90. The number of hydrogen-bond acceptors (Lipinski definition) is 3. The lowest BCUT2D eigenvalue weighted by Crippen LogP contribution is -2.47. The van der Waals surface area contributed by atoms with Crippen molar-refractivity contribution in [3.63, 3.8) is 0 Å². The van der Waals surface area contributed by atoms with Crippen molar-refractivity contribution in [2.45, 2.75) is 65.4 Å². The summed E-state index contributed by atoms with van der Waals surface area (Å²) in [5, 5.41) is 3.64. The standard InChI is InChI=1S/C18H36N2O/c1-4-19-14-18(10-8-16(3)9-11-18)15-20(5-2)13-17-7-6-12-21-17/h16-17,19H,4-15H2,1-3H3. The third-order valence-electron chi connectivity index (χ3n) is 5.58. The first-order valence-corrected chi connectivity index (χ1v) is 9.22. The largest absolute Gasteiger partial charge is 0.377 e. The molecule has 3 nitrogen and oxygen atoms in total. The van der Waals surface area contributed by atoms with E-state index in [-0.39, 0.29) is 0 Å². The van der Waals surface area contributed by atoms with Crippen LogP contribution in [0.3, 0.4) is 0 Å². The lowest BCUT2D eigenvalue weighted by atomic mass is 9.70. The van der Waals surface area contributed by atoms with E-state index in [0.717, 1.165) is 32.2 Å². The van der Waals surface area contributed by atoms with Crippen molar-refractivity contribution in [1.29, 1.82) is 0 Å². The van der Waals surface area contributed by atoms with Crippen LogP contribution in [0.25, 0.3) is 0 Å². The molecule has 1 saturated heterocycles. The molecule has 1 aliphatic heterocycles. The van der Waals surface area contributed by atoms with E-state index < -0.39 is 0 Å². The van der Waals surface area contributed by atoms with Crippen molar-refractivity contribution in [3.8, 4) is 0 Å². The van der Waals surface area contributed by atoms with Crippen LogP contribution in [0.1, 0.15) is 59.3 Å². The van der Waals surface area contributed by atoms with Crippen LogP contribution in [0.5, 0.6) is 0 Å². The fourth-order valence-electron chi connectivity index (χ4n) is 4.01. The SMILES string of the molecule is CCNCC1(CN(CC)CC2CCCO2)CCC(C)CC1. The molecule has 0 radical (unpaired) electrons. The lowest BCUT2D eigenvalue weighted by molar-refractivity contribution is 0.0399. The topological polar surface area (TPSA) is 24.5 Å². The molecule has 1 N–H and O–H groups in total. The smallest absolute Gasteiger partial charge is 0.0702 e. The fraction of sp³-hybridized carbons (Fsp3) is 1.00. The van der Waals surface area contributed by atoms with Gasteiger partial charge in [-0.25, -0.2) is 0 Å². The maximum atomic E-state index is 5.85. The maximum Gasteiger partial charge on any atom is 0.0702 e. The maximum absolute atomic E-state index is 5.85. The van der Waals surface area contributed by atoms with Gasteiger partial charge in [0.25, 0.3) is 0 Å². The molecule has 1 unspecified atom stereocenters. The molecule has 0 aromatic heterocycles. The molecular weight excluding hydrogens is 260 g/mol. The number of nitrogens with zero attached hydrogens (tertiary/aromatic N) is 1. The van der Waals surface area contributed by atoms with Crippen LogP contribution in [0.4, 0.5) is 0 Å². The highest BCUT2D eigenvalue weighted by Gasteiger charge is 2.35. The van der Waals surface area contributed by atoms with Gasteiger partial charge < -0.3 is 15.0 Å². The molecule has 0 bridgehead atoms. The van der Waals surface area contributed by atoms with Gasteiger partial charge in [0.1, 0.15) is 0 Å². The highest BCUT2D eigenvalue weighted by atomic mass is 16.5. The first-order chi connectivity index (χ1) is 10.2. The Bertz CT molecular complexity index is 275. The Morgan fingerprint density at radius 1 is 1.19 bits per heavy atom. The van der Waals surface area contributed by atoms with E-state index in [2.05, 4.69) is 31.0 Å².